The van der Waals surface area contributed by atoms with E-state index < -0.39 is 0 Å². The minimum atomic E-state index is 0.738. The van der Waals surface area contributed by atoms with Gasteiger partial charge in [0.1, 0.15) is 6.34 Å². The molecule has 0 amide bonds. The molecule has 1 aromatic carbocycles. The molecule has 0 fully saturated rings. The van der Waals surface area contributed by atoms with Crippen LogP contribution in [0.3, 0.4) is 0 Å². The van der Waals surface area contributed by atoms with E-state index in [1.54, 1.807) is 0 Å². The summed E-state index contributed by atoms with van der Waals surface area (Å²) in [4.78, 5) is 0. The maximum Gasteiger partial charge on any atom is 0.110 e. The van der Waals surface area contributed by atoms with Crippen molar-refractivity contribution in [2.24, 2.45) is 5.22 Å². The molecule has 1 rings (SSSR count). The SMILES string of the molecule is CNc1cccc(N(C=N)N=N)c1C. The third-order valence-electron chi connectivity index (χ3n) is 2.05. The molecule has 0 saturated heterocycles. The predicted molar refractivity (Wildman–Crippen MR) is 57.1 cm³/mol. The summed E-state index contributed by atoms with van der Waals surface area (Å²) in [5.74, 6) is 0. The lowest BCUT2D eigenvalue weighted by Gasteiger charge is -2.15. The van der Waals surface area contributed by atoms with Gasteiger partial charge in [0, 0.05) is 12.7 Å². The Kier molecular flexibility index (Phi) is 3.17. The van der Waals surface area contributed by atoms with Gasteiger partial charge in [-0.05, 0) is 24.6 Å². The second-order valence-corrected chi connectivity index (χ2v) is 2.77. The highest BCUT2D eigenvalue weighted by molar-refractivity contribution is 5.80. The molecule has 74 valence electrons. The lowest BCUT2D eigenvalue weighted by molar-refractivity contribution is 0.948. The largest absolute Gasteiger partial charge is 0.388 e. The molecule has 14 heavy (non-hydrogen) atoms. The fourth-order valence-electron chi connectivity index (χ4n) is 1.29. The van der Waals surface area contributed by atoms with E-state index in [0.717, 1.165) is 23.3 Å². The minimum Gasteiger partial charge on any atom is -0.388 e. The van der Waals surface area contributed by atoms with E-state index in [9.17, 15) is 0 Å². The van der Waals surface area contributed by atoms with Crippen molar-refractivity contribution in [1.82, 2.24) is 0 Å². The zero-order chi connectivity index (χ0) is 10.6. The molecule has 0 heterocycles. The summed E-state index contributed by atoms with van der Waals surface area (Å²) < 4.78 is 0. The van der Waals surface area contributed by atoms with Gasteiger partial charge in [-0.25, -0.2) is 5.01 Å². The fourth-order valence-corrected chi connectivity index (χ4v) is 1.29. The summed E-state index contributed by atoms with van der Waals surface area (Å²) in [6.07, 6.45) is 1.01. The third-order valence-corrected chi connectivity index (χ3v) is 2.05. The number of anilines is 2. The molecule has 0 radical (unpaired) electrons. The summed E-state index contributed by atoms with van der Waals surface area (Å²) >= 11 is 0. The zero-order valence-electron chi connectivity index (χ0n) is 8.20. The van der Waals surface area contributed by atoms with Crippen molar-refractivity contribution in [3.05, 3.63) is 23.8 Å². The van der Waals surface area contributed by atoms with Gasteiger partial charge in [0.05, 0.1) is 5.69 Å². The van der Waals surface area contributed by atoms with Crippen LogP contribution in [-0.4, -0.2) is 13.4 Å². The van der Waals surface area contributed by atoms with Crippen LogP contribution < -0.4 is 10.3 Å². The summed E-state index contributed by atoms with van der Waals surface area (Å²) in [5.41, 5.74) is 9.58. The topological polar surface area (TPSA) is 75.3 Å². The van der Waals surface area contributed by atoms with E-state index in [4.69, 9.17) is 10.9 Å². The Balaban J connectivity index is 3.20. The van der Waals surface area contributed by atoms with E-state index in [-0.39, 0.29) is 0 Å². The Hall–Kier alpha value is -1.91. The van der Waals surface area contributed by atoms with Gasteiger partial charge in [-0.1, -0.05) is 11.3 Å². The number of rotatable bonds is 4. The first-order valence-electron chi connectivity index (χ1n) is 4.19. The average molecular weight is 191 g/mol. The summed E-state index contributed by atoms with van der Waals surface area (Å²) in [6.45, 7) is 1.92. The van der Waals surface area contributed by atoms with Crippen LogP contribution in [0.1, 0.15) is 5.56 Å². The molecule has 0 unspecified atom stereocenters. The first kappa shape index (κ1) is 10.2. The fraction of sp³-hybridized carbons (Fsp3) is 0.222. The maximum atomic E-state index is 7.09. The van der Waals surface area contributed by atoms with Crippen LogP contribution in [0.2, 0.25) is 0 Å². The van der Waals surface area contributed by atoms with Crippen LogP contribution >= 0.6 is 0 Å². The first-order chi connectivity index (χ1) is 6.74. The van der Waals surface area contributed by atoms with Crippen LogP contribution in [0, 0.1) is 17.9 Å². The first-order valence-corrected chi connectivity index (χ1v) is 4.19. The minimum absolute atomic E-state index is 0.738. The van der Waals surface area contributed by atoms with Gasteiger partial charge in [0.2, 0.25) is 0 Å². The molecular weight excluding hydrogens is 178 g/mol. The van der Waals surface area contributed by atoms with Gasteiger partial charge in [-0.3, -0.25) is 5.41 Å². The Labute approximate surface area is 82.7 Å². The lowest BCUT2D eigenvalue weighted by Crippen LogP contribution is -2.13. The third kappa shape index (κ3) is 1.71. The molecule has 0 spiro atoms. The van der Waals surface area contributed by atoms with E-state index >= 15 is 0 Å². The Morgan fingerprint density at radius 2 is 2.21 bits per heavy atom. The van der Waals surface area contributed by atoms with E-state index in [0.29, 0.717) is 0 Å². The van der Waals surface area contributed by atoms with Gasteiger partial charge in [0.25, 0.3) is 0 Å². The summed E-state index contributed by atoms with van der Waals surface area (Å²) in [7, 11) is 1.83. The molecule has 5 nitrogen and oxygen atoms in total. The lowest BCUT2D eigenvalue weighted by atomic mass is 10.1. The van der Waals surface area contributed by atoms with Crippen molar-refractivity contribution in [2.45, 2.75) is 6.92 Å². The average Bonchev–Trinajstić information content (AvgIpc) is 2.22. The maximum absolute atomic E-state index is 7.09. The van der Waals surface area contributed by atoms with E-state index in [1.165, 1.54) is 5.01 Å². The van der Waals surface area contributed by atoms with E-state index in [1.807, 2.05) is 32.2 Å². The van der Waals surface area contributed by atoms with Crippen LogP contribution in [0.5, 0.6) is 0 Å². The van der Waals surface area contributed by atoms with Crippen molar-refractivity contribution >= 4 is 17.7 Å². The van der Waals surface area contributed by atoms with Gasteiger partial charge in [-0.2, -0.15) is 5.53 Å². The highest BCUT2D eigenvalue weighted by Crippen LogP contribution is 2.25. The zero-order valence-corrected chi connectivity index (χ0v) is 8.20. The predicted octanol–water partition coefficient (Wildman–Crippen LogP) is 2.40. The van der Waals surface area contributed by atoms with Crippen LogP contribution in [0.25, 0.3) is 0 Å². The molecule has 0 aliphatic rings. The van der Waals surface area contributed by atoms with Crippen molar-refractivity contribution in [3.8, 4) is 0 Å². The van der Waals surface area contributed by atoms with Gasteiger partial charge >= 0.3 is 0 Å². The second kappa shape index (κ2) is 4.36. The highest BCUT2D eigenvalue weighted by Gasteiger charge is 2.07. The molecule has 0 aliphatic carbocycles. The van der Waals surface area contributed by atoms with Crippen LogP contribution in [0.4, 0.5) is 11.4 Å². The Morgan fingerprint density at radius 1 is 1.50 bits per heavy atom. The van der Waals surface area contributed by atoms with Crippen LogP contribution in [0.15, 0.2) is 23.4 Å². The standard InChI is InChI=1S/C9H13N5/c1-7-8(12-2)4-3-5-9(7)14(6-10)13-11/h3-6,10-12H,1-2H3. The number of benzene rings is 1. The van der Waals surface area contributed by atoms with Gasteiger partial charge in [-0.15, -0.1) is 0 Å². The number of nitrogens with zero attached hydrogens (tertiary/aromatic N) is 2. The quantitative estimate of drug-likeness (QED) is 0.296. The summed E-state index contributed by atoms with van der Waals surface area (Å²) in [6, 6.07) is 5.61. The molecule has 1 aromatic rings. The van der Waals surface area contributed by atoms with Gasteiger partial charge in [0.15, 0.2) is 0 Å². The van der Waals surface area contributed by atoms with Crippen molar-refractivity contribution in [3.63, 3.8) is 0 Å². The second-order valence-electron chi connectivity index (χ2n) is 2.77. The molecule has 5 heteroatoms. The Morgan fingerprint density at radius 3 is 2.71 bits per heavy atom. The van der Waals surface area contributed by atoms with E-state index in [2.05, 4.69) is 10.5 Å². The number of nitrogens with one attached hydrogen (secondary N) is 3. The number of hydrogen-bond donors (Lipinski definition) is 3. The monoisotopic (exact) mass is 191 g/mol. The van der Waals surface area contributed by atoms with Crippen molar-refractivity contribution in [2.75, 3.05) is 17.4 Å². The van der Waals surface area contributed by atoms with Crippen LogP contribution in [-0.2, 0) is 0 Å². The molecule has 0 aliphatic heterocycles. The van der Waals surface area contributed by atoms with Gasteiger partial charge < -0.3 is 5.32 Å². The molecule has 0 atom stereocenters. The molecule has 0 bridgehead atoms. The Bertz CT molecular complexity index is 339. The molecule has 3 N–H and O–H groups in total. The smallest absolute Gasteiger partial charge is 0.110 e. The molecule has 0 aromatic heterocycles. The number of hydrogen-bond acceptors (Lipinski definition) is 4. The highest BCUT2D eigenvalue weighted by atomic mass is 15.5. The molecule has 0 saturated carbocycles. The van der Waals surface area contributed by atoms with Crippen molar-refractivity contribution in [1.29, 1.82) is 10.9 Å². The normalized spacial score (nSPS) is 9.29. The molecular formula is C9H13N5. The van der Waals surface area contributed by atoms with Crippen molar-refractivity contribution < 1.29 is 0 Å². The summed E-state index contributed by atoms with van der Waals surface area (Å²) in [5, 5.41) is 14.6.